The van der Waals surface area contributed by atoms with Crippen LogP contribution in [0.5, 0.6) is 0 Å². The number of benzene rings is 1. The van der Waals surface area contributed by atoms with E-state index in [4.69, 9.17) is 0 Å². The first kappa shape index (κ1) is 17.7. The summed E-state index contributed by atoms with van der Waals surface area (Å²) >= 11 is 0. The van der Waals surface area contributed by atoms with Crippen LogP contribution < -0.4 is 5.32 Å². The molecule has 7 heteroatoms. The van der Waals surface area contributed by atoms with Gasteiger partial charge < -0.3 is 10.2 Å². The molecular formula is C16H26N4O2S. The first-order valence-corrected chi connectivity index (χ1v) is 9.44. The summed E-state index contributed by atoms with van der Waals surface area (Å²) in [5.74, 6) is 0.863. The molecule has 2 rings (SSSR count). The van der Waals surface area contributed by atoms with E-state index in [-0.39, 0.29) is 0 Å². The Labute approximate surface area is 139 Å². The van der Waals surface area contributed by atoms with Crippen molar-refractivity contribution in [3.63, 3.8) is 0 Å². The average Bonchev–Trinajstić information content (AvgIpc) is 3.05. The minimum atomic E-state index is -3.46. The van der Waals surface area contributed by atoms with Crippen LogP contribution in [0.1, 0.15) is 25.3 Å². The Morgan fingerprint density at radius 1 is 1.26 bits per heavy atom. The third kappa shape index (κ3) is 4.23. The van der Waals surface area contributed by atoms with E-state index in [0.29, 0.717) is 11.4 Å². The van der Waals surface area contributed by atoms with Gasteiger partial charge in [0, 0.05) is 33.7 Å². The third-order valence-electron chi connectivity index (χ3n) is 3.87. The van der Waals surface area contributed by atoms with Crippen LogP contribution in [0.15, 0.2) is 34.2 Å². The minimum absolute atomic E-state index is 0.325. The number of hydrogen-bond acceptors (Lipinski definition) is 3. The van der Waals surface area contributed by atoms with Gasteiger partial charge in [-0.2, -0.15) is 0 Å². The van der Waals surface area contributed by atoms with E-state index in [2.05, 4.69) is 15.2 Å². The van der Waals surface area contributed by atoms with Gasteiger partial charge in [-0.3, -0.25) is 0 Å². The molecule has 0 spiro atoms. The van der Waals surface area contributed by atoms with Crippen molar-refractivity contribution in [1.29, 1.82) is 0 Å². The van der Waals surface area contributed by atoms with Crippen LogP contribution in [0.4, 0.5) is 0 Å². The molecule has 0 saturated carbocycles. The Morgan fingerprint density at radius 2 is 1.91 bits per heavy atom. The summed E-state index contributed by atoms with van der Waals surface area (Å²) in [6.45, 7) is 5.19. The Balaban J connectivity index is 2.27. The van der Waals surface area contributed by atoms with Crippen LogP contribution in [0.25, 0.3) is 0 Å². The van der Waals surface area contributed by atoms with Crippen molar-refractivity contribution >= 4 is 16.0 Å². The molecule has 128 valence electrons. The van der Waals surface area contributed by atoms with Crippen molar-refractivity contribution in [3.8, 4) is 0 Å². The number of likely N-dealkylation sites (tertiary alicyclic amines) is 1. The van der Waals surface area contributed by atoms with Crippen molar-refractivity contribution in [3.05, 3.63) is 29.8 Å². The second-order valence-corrected chi connectivity index (χ2v) is 7.88. The maximum Gasteiger partial charge on any atom is 0.242 e. The van der Waals surface area contributed by atoms with Gasteiger partial charge in [-0.25, -0.2) is 17.7 Å². The van der Waals surface area contributed by atoms with E-state index in [0.717, 1.165) is 31.2 Å². The molecule has 1 aromatic carbocycles. The lowest BCUT2D eigenvalue weighted by molar-refractivity contribution is 0.493. The highest BCUT2D eigenvalue weighted by molar-refractivity contribution is 7.89. The fourth-order valence-corrected chi connectivity index (χ4v) is 3.71. The number of nitrogens with zero attached hydrogens (tertiary/aromatic N) is 3. The molecule has 1 saturated heterocycles. The number of nitrogens with one attached hydrogen (secondary N) is 1. The van der Waals surface area contributed by atoms with Crippen LogP contribution in [0, 0.1) is 0 Å². The molecule has 1 fully saturated rings. The molecule has 1 aliphatic rings. The van der Waals surface area contributed by atoms with Crippen LogP contribution in [-0.4, -0.2) is 57.3 Å². The number of hydrogen-bond donors (Lipinski definition) is 1. The minimum Gasteiger partial charge on any atom is -0.357 e. The summed E-state index contributed by atoms with van der Waals surface area (Å²) in [5, 5.41) is 3.29. The van der Waals surface area contributed by atoms with Gasteiger partial charge in [0.1, 0.15) is 0 Å². The molecule has 1 N–H and O–H groups in total. The second-order valence-electron chi connectivity index (χ2n) is 5.76. The lowest BCUT2D eigenvalue weighted by Crippen LogP contribution is -2.39. The zero-order valence-corrected chi connectivity index (χ0v) is 14.9. The zero-order chi connectivity index (χ0) is 16.9. The maximum absolute atomic E-state index is 12.4. The first-order valence-electron chi connectivity index (χ1n) is 8.00. The number of rotatable bonds is 5. The van der Waals surface area contributed by atoms with Crippen LogP contribution in [-0.2, 0) is 16.6 Å². The van der Waals surface area contributed by atoms with Crippen molar-refractivity contribution in [2.45, 2.75) is 31.2 Å². The predicted molar refractivity (Wildman–Crippen MR) is 92.9 cm³/mol. The van der Waals surface area contributed by atoms with Crippen LogP contribution in [0.3, 0.4) is 0 Å². The third-order valence-corrected chi connectivity index (χ3v) is 5.79. The van der Waals surface area contributed by atoms with Crippen molar-refractivity contribution < 1.29 is 8.42 Å². The fraction of sp³-hybridized carbons (Fsp3) is 0.562. The highest BCUT2D eigenvalue weighted by atomic mass is 32.2. The van der Waals surface area contributed by atoms with Gasteiger partial charge in [-0.1, -0.05) is 18.2 Å². The maximum atomic E-state index is 12.4. The smallest absolute Gasteiger partial charge is 0.242 e. The molecule has 1 heterocycles. The van der Waals surface area contributed by atoms with E-state index < -0.39 is 10.0 Å². The fourth-order valence-electron chi connectivity index (χ4n) is 2.60. The zero-order valence-electron chi connectivity index (χ0n) is 14.1. The van der Waals surface area contributed by atoms with Gasteiger partial charge in [0.2, 0.25) is 10.0 Å². The molecular weight excluding hydrogens is 312 g/mol. The molecule has 0 aliphatic carbocycles. The molecule has 6 nitrogen and oxygen atoms in total. The normalized spacial score (nSPS) is 16.2. The predicted octanol–water partition coefficient (Wildman–Crippen LogP) is 1.50. The van der Waals surface area contributed by atoms with E-state index >= 15 is 0 Å². The Bertz CT molecular complexity index is 650. The molecule has 23 heavy (non-hydrogen) atoms. The molecule has 1 aliphatic heterocycles. The molecule has 0 atom stereocenters. The van der Waals surface area contributed by atoms with Crippen LogP contribution in [0.2, 0.25) is 0 Å². The molecule has 0 aromatic heterocycles. The van der Waals surface area contributed by atoms with Gasteiger partial charge in [0.15, 0.2) is 5.96 Å². The molecule has 0 amide bonds. The average molecular weight is 338 g/mol. The first-order chi connectivity index (χ1) is 11.0. The summed E-state index contributed by atoms with van der Waals surface area (Å²) in [5.41, 5.74) is 0.718. The standard InChI is InChI=1S/C16H26N4O2S/c1-4-17-16(20-11-7-8-12-20)18-13-14-9-5-6-10-15(14)23(21,22)19(2)3/h5-6,9-10H,4,7-8,11-13H2,1-3H3,(H,17,18). The Hall–Kier alpha value is -1.60. The number of sulfonamides is 1. The van der Waals surface area contributed by atoms with E-state index in [1.54, 1.807) is 26.2 Å². The molecule has 0 unspecified atom stereocenters. The van der Waals surface area contributed by atoms with Gasteiger partial charge >= 0.3 is 0 Å². The van der Waals surface area contributed by atoms with Gasteiger partial charge in [0.25, 0.3) is 0 Å². The number of guanidine groups is 1. The van der Waals surface area contributed by atoms with Gasteiger partial charge in [-0.05, 0) is 31.4 Å². The van der Waals surface area contributed by atoms with Gasteiger partial charge in [-0.15, -0.1) is 0 Å². The summed E-state index contributed by atoms with van der Waals surface area (Å²) in [7, 11) is -0.366. The lowest BCUT2D eigenvalue weighted by atomic mass is 10.2. The van der Waals surface area contributed by atoms with E-state index in [1.807, 2.05) is 19.1 Å². The largest absolute Gasteiger partial charge is 0.357 e. The summed E-state index contributed by atoms with van der Waals surface area (Å²) < 4.78 is 26.1. The SMILES string of the molecule is CCNC(=NCc1ccccc1S(=O)(=O)N(C)C)N1CCCC1. The van der Waals surface area contributed by atoms with Crippen molar-refractivity contribution in [2.75, 3.05) is 33.7 Å². The summed E-state index contributed by atoms with van der Waals surface area (Å²) in [6, 6.07) is 7.06. The molecule has 0 radical (unpaired) electrons. The van der Waals surface area contributed by atoms with Crippen molar-refractivity contribution in [2.24, 2.45) is 4.99 Å². The quantitative estimate of drug-likeness (QED) is 0.653. The highest BCUT2D eigenvalue weighted by Crippen LogP contribution is 2.19. The Morgan fingerprint density at radius 3 is 2.52 bits per heavy atom. The Kier molecular flexibility index (Phi) is 6.01. The number of aliphatic imine (C=N–C) groups is 1. The van der Waals surface area contributed by atoms with Gasteiger partial charge in [0.05, 0.1) is 11.4 Å². The summed E-state index contributed by atoms with van der Waals surface area (Å²) in [4.78, 5) is 7.20. The monoisotopic (exact) mass is 338 g/mol. The summed E-state index contributed by atoms with van der Waals surface area (Å²) in [6.07, 6.45) is 2.35. The molecule has 1 aromatic rings. The molecule has 0 bridgehead atoms. The van der Waals surface area contributed by atoms with Crippen molar-refractivity contribution in [1.82, 2.24) is 14.5 Å². The van der Waals surface area contributed by atoms with Crippen LogP contribution >= 0.6 is 0 Å². The van der Waals surface area contributed by atoms with E-state index in [1.165, 1.54) is 17.1 Å². The lowest BCUT2D eigenvalue weighted by Gasteiger charge is -2.21. The van der Waals surface area contributed by atoms with E-state index in [9.17, 15) is 8.42 Å². The highest BCUT2D eigenvalue weighted by Gasteiger charge is 2.21. The topological polar surface area (TPSA) is 65.0 Å². The second kappa shape index (κ2) is 7.79.